The van der Waals surface area contributed by atoms with Gasteiger partial charge in [0.2, 0.25) is 11.8 Å². The van der Waals surface area contributed by atoms with Crippen LogP contribution in [0, 0.1) is 11.8 Å². The molecule has 2 aliphatic rings. The van der Waals surface area contributed by atoms with Gasteiger partial charge in [-0.05, 0) is 87.1 Å². The number of hydrazone groups is 2. The molecule has 2 aromatic carbocycles. The Labute approximate surface area is 236 Å². The average Bonchev–Trinajstić information content (AvgIpc) is 3.92. The molecule has 1 aromatic heterocycles. The summed E-state index contributed by atoms with van der Waals surface area (Å²) >= 11 is 0. The fourth-order valence-electron chi connectivity index (χ4n) is 3.86. The van der Waals surface area contributed by atoms with E-state index in [0.717, 1.165) is 36.8 Å². The van der Waals surface area contributed by atoms with Gasteiger partial charge in [-0.3, -0.25) is 19.2 Å². The van der Waals surface area contributed by atoms with Gasteiger partial charge in [0.25, 0.3) is 0 Å². The molecular weight excluding hydrogens is 524 g/mol. The zero-order chi connectivity index (χ0) is 28.9. The fourth-order valence-corrected chi connectivity index (χ4v) is 3.86. The lowest BCUT2D eigenvalue weighted by Gasteiger charge is -2.06. The van der Waals surface area contributed by atoms with Gasteiger partial charge >= 0.3 is 11.8 Å². The van der Waals surface area contributed by atoms with Gasteiger partial charge in [0, 0.05) is 23.2 Å². The fraction of sp³-hybridized carbons (Fsp3) is 0.267. The summed E-state index contributed by atoms with van der Waals surface area (Å²) in [7, 11) is 0. The topological polar surface area (TPSA) is 154 Å². The second kappa shape index (κ2) is 12.0. The van der Waals surface area contributed by atoms with Crippen LogP contribution in [0.4, 0.5) is 11.4 Å². The van der Waals surface area contributed by atoms with Crippen LogP contribution in [0.15, 0.2) is 75.3 Å². The van der Waals surface area contributed by atoms with Crippen molar-refractivity contribution < 1.29 is 23.6 Å². The van der Waals surface area contributed by atoms with Crippen LogP contribution in [0.1, 0.15) is 71.8 Å². The van der Waals surface area contributed by atoms with Crippen LogP contribution < -0.4 is 21.5 Å². The van der Waals surface area contributed by atoms with Crippen LogP contribution in [0.5, 0.6) is 0 Å². The number of hydrogen-bond acceptors (Lipinski definition) is 7. The lowest BCUT2D eigenvalue weighted by Crippen LogP contribution is -2.20. The van der Waals surface area contributed by atoms with E-state index in [1.165, 1.54) is 12.1 Å². The van der Waals surface area contributed by atoms with E-state index in [2.05, 4.69) is 31.7 Å². The normalized spacial score (nSPS) is 15.2. The minimum atomic E-state index is -0.620. The standard InChI is InChI=1S/C30H30N6O5/c1-17(19-7-11-23(12-8-19)31-27(37)21-3-4-21)33-35-29(39)25-15-16-26(41-25)30(40)36-34-18(2)20-9-13-24(14-10-20)32-28(38)22-5-6-22/h7-16,21-22H,3-6H2,1-2H3,(H,31,37)(H,32,38)(H,35,39)(H,36,40). The molecule has 4 amide bonds. The monoisotopic (exact) mass is 554 g/mol. The molecule has 0 atom stereocenters. The summed E-state index contributed by atoms with van der Waals surface area (Å²) in [6.45, 7) is 3.47. The molecule has 2 aliphatic carbocycles. The largest absolute Gasteiger partial charge is 0.446 e. The Morgan fingerprint density at radius 1 is 0.610 bits per heavy atom. The third kappa shape index (κ3) is 7.33. The Balaban J connectivity index is 1.11. The summed E-state index contributed by atoms with van der Waals surface area (Å²) in [6, 6.07) is 17.1. The Morgan fingerprint density at radius 2 is 0.976 bits per heavy atom. The van der Waals surface area contributed by atoms with Gasteiger partial charge in [-0.15, -0.1) is 0 Å². The third-order valence-electron chi connectivity index (χ3n) is 6.74. The van der Waals surface area contributed by atoms with E-state index in [4.69, 9.17) is 4.42 Å². The zero-order valence-electron chi connectivity index (χ0n) is 22.7. The summed E-state index contributed by atoms with van der Waals surface area (Å²) in [5.74, 6) is -1.11. The first-order chi connectivity index (χ1) is 19.8. The number of benzene rings is 2. The van der Waals surface area contributed by atoms with Gasteiger partial charge in [-0.1, -0.05) is 24.3 Å². The number of nitrogens with zero attached hydrogens (tertiary/aromatic N) is 2. The van der Waals surface area contributed by atoms with Crippen molar-refractivity contribution in [3.05, 3.63) is 83.3 Å². The molecule has 11 nitrogen and oxygen atoms in total. The van der Waals surface area contributed by atoms with E-state index in [1.807, 2.05) is 0 Å². The zero-order valence-corrected chi connectivity index (χ0v) is 22.7. The number of anilines is 2. The van der Waals surface area contributed by atoms with Crippen molar-refractivity contribution in [2.24, 2.45) is 22.0 Å². The van der Waals surface area contributed by atoms with Crippen LogP contribution in [0.2, 0.25) is 0 Å². The number of carbonyl (C=O) groups excluding carboxylic acids is 4. The predicted octanol–water partition coefficient (Wildman–Crippen LogP) is 4.28. The minimum absolute atomic E-state index is 0.0326. The van der Waals surface area contributed by atoms with E-state index in [1.54, 1.807) is 62.4 Å². The lowest BCUT2D eigenvalue weighted by molar-refractivity contribution is -0.118. The third-order valence-corrected chi connectivity index (χ3v) is 6.74. The molecule has 5 rings (SSSR count). The molecule has 2 saturated carbocycles. The highest BCUT2D eigenvalue weighted by Crippen LogP contribution is 2.31. The van der Waals surface area contributed by atoms with Crippen molar-refractivity contribution in [1.82, 2.24) is 10.9 Å². The number of rotatable bonds is 10. The van der Waals surface area contributed by atoms with Gasteiger partial charge in [0.1, 0.15) is 0 Å². The Morgan fingerprint density at radius 3 is 1.32 bits per heavy atom. The number of carbonyl (C=O) groups is 4. The smallest absolute Gasteiger partial charge is 0.307 e. The highest BCUT2D eigenvalue weighted by atomic mass is 16.4. The second-order valence-electron chi connectivity index (χ2n) is 10.1. The first-order valence-electron chi connectivity index (χ1n) is 13.4. The molecule has 41 heavy (non-hydrogen) atoms. The molecule has 4 N–H and O–H groups in total. The van der Waals surface area contributed by atoms with Gasteiger partial charge in [-0.2, -0.15) is 10.2 Å². The minimum Gasteiger partial charge on any atom is -0.446 e. The summed E-state index contributed by atoms with van der Waals surface area (Å²) in [4.78, 5) is 48.8. The van der Waals surface area contributed by atoms with Gasteiger partial charge in [0.05, 0.1) is 11.4 Å². The Bertz CT molecular complexity index is 1420. The predicted molar refractivity (Wildman–Crippen MR) is 154 cm³/mol. The molecule has 3 aromatic rings. The Hall–Kier alpha value is -5.06. The summed E-state index contributed by atoms with van der Waals surface area (Å²) in [6.07, 6.45) is 3.74. The van der Waals surface area contributed by atoms with Crippen LogP contribution in [-0.4, -0.2) is 35.1 Å². The highest BCUT2D eigenvalue weighted by Gasteiger charge is 2.30. The van der Waals surface area contributed by atoms with Crippen LogP contribution >= 0.6 is 0 Å². The van der Waals surface area contributed by atoms with Crippen LogP contribution in [0.25, 0.3) is 0 Å². The molecule has 0 bridgehead atoms. The molecule has 11 heteroatoms. The van der Waals surface area contributed by atoms with Crippen molar-refractivity contribution in [2.45, 2.75) is 39.5 Å². The highest BCUT2D eigenvalue weighted by molar-refractivity contribution is 6.03. The quantitative estimate of drug-likeness (QED) is 0.218. The molecule has 0 aliphatic heterocycles. The number of amides is 4. The maximum atomic E-state index is 12.5. The number of hydrogen-bond donors (Lipinski definition) is 4. The van der Waals surface area contributed by atoms with Crippen molar-refractivity contribution in [3.8, 4) is 0 Å². The van der Waals surface area contributed by atoms with Gasteiger partial charge in [0.15, 0.2) is 11.5 Å². The van der Waals surface area contributed by atoms with Crippen LogP contribution in [-0.2, 0) is 9.59 Å². The molecule has 0 saturated heterocycles. The molecule has 1 heterocycles. The molecular formula is C30H30N6O5. The first kappa shape index (κ1) is 27.5. The van der Waals surface area contributed by atoms with E-state index in [9.17, 15) is 19.2 Å². The molecule has 0 spiro atoms. The first-order valence-corrected chi connectivity index (χ1v) is 13.4. The lowest BCUT2D eigenvalue weighted by atomic mass is 10.1. The van der Waals surface area contributed by atoms with E-state index < -0.39 is 11.8 Å². The van der Waals surface area contributed by atoms with Gasteiger partial charge < -0.3 is 15.1 Å². The summed E-state index contributed by atoms with van der Waals surface area (Å²) < 4.78 is 5.39. The number of nitrogens with one attached hydrogen (secondary N) is 4. The molecule has 2 fully saturated rings. The number of furan rings is 1. The van der Waals surface area contributed by atoms with Crippen molar-refractivity contribution >= 4 is 46.4 Å². The van der Waals surface area contributed by atoms with E-state index in [-0.39, 0.29) is 35.2 Å². The Kier molecular flexibility index (Phi) is 8.04. The molecule has 210 valence electrons. The van der Waals surface area contributed by atoms with Gasteiger partial charge in [-0.25, -0.2) is 10.9 Å². The molecule has 0 unspecified atom stereocenters. The second-order valence-corrected chi connectivity index (χ2v) is 10.1. The van der Waals surface area contributed by atoms with Crippen LogP contribution in [0.3, 0.4) is 0 Å². The van der Waals surface area contributed by atoms with Crippen molar-refractivity contribution in [1.29, 1.82) is 0 Å². The maximum Gasteiger partial charge on any atom is 0.307 e. The molecule has 0 radical (unpaired) electrons. The summed E-state index contributed by atoms with van der Waals surface area (Å²) in [5.41, 5.74) is 8.86. The SMILES string of the molecule is CC(=NNC(=O)c1ccc(C(=O)NN=C(C)c2ccc(NC(=O)C3CC3)cc2)o1)c1ccc(NC(=O)C2CC2)cc1. The van der Waals surface area contributed by atoms with Crippen molar-refractivity contribution in [3.63, 3.8) is 0 Å². The maximum absolute atomic E-state index is 12.5. The van der Waals surface area contributed by atoms with E-state index in [0.29, 0.717) is 22.8 Å². The average molecular weight is 555 g/mol. The summed E-state index contributed by atoms with van der Waals surface area (Å²) in [5, 5.41) is 14.0. The van der Waals surface area contributed by atoms with E-state index >= 15 is 0 Å². The van der Waals surface area contributed by atoms with Crippen molar-refractivity contribution in [2.75, 3.05) is 10.6 Å².